The number of halogens is 1. The number of aromatic amines is 1. The minimum absolute atomic E-state index is 0.0143. The maximum absolute atomic E-state index is 13.8. The third-order valence-corrected chi connectivity index (χ3v) is 5.18. The zero-order valence-corrected chi connectivity index (χ0v) is 15.9. The molecule has 1 aliphatic rings. The van der Waals surface area contributed by atoms with E-state index in [0.29, 0.717) is 22.9 Å². The van der Waals surface area contributed by atoms with Crippen LogP contribution in [0.1, 0.15) is 28.0 Å². The van der Waals surface area contributed by atoms with E-state index in [-0.39, 0.29) is 11.7 Å². The van der Waals surface area contributed by atoms with Gasteiger partial charge >= 0.3 is 0 Å². The first-order valence-corrected chi connectivity index (χ1v) is 9.23. The number of hydrogen-bond donors (Lipinski definition) is 1. The van der Waals surface area contributed by atoms with E-state index in [1.54, 1.807) is 24.3 Å². The molecule has 3 aromatic rings. The normalized spacial score (nSPS) is 16.4. The Morgan fingerprint density at radius 3 is 2.82 bits per heavy atom. The molecule has 0 aliphatic carbocycles. The lowest BCUT2D eigenvalue weighted by molar-refractivity contribution is 0.0783. The molecule has 142 valence electrons. The molecule has 1 aromatic heterocycles. The van der Waals surface area contributed by atoms with E-state index in [0.717, 1.165) is 30.4 Å². The summed E-state index contributed by atoms with van der Waals surface area (Å²) >= 11 is 0. The molecule has 28 heavy (non-hydrogen) atoms. The molecule has 1 fully saturated rings. The van der Waals surface area contributed by atoms with Gasteiger partial charge in [-0.05, 0) is 56.8 Å². The van der Waals surface area contributed by atoms with Crippen LogP contribution in [-0.4, -0.2) is 59.1 Å². The van der Waals surface area contributed by atoms with Crippen molar-refractivity contribution >= 4 is 16.8 Å². The van der Waals surface area contributed by atoms with Crippen LogP contribution < -0.4 is 0 Å². The summed E-state index contributed by atoms with van der Waals surface area (Å²) < 4.78 is 13.8. The van der Waals surface area contributed by atoms with Gasteiger partial charge in [-0.25, -0.2) is 4.39 Å². The molecule has 5 nitrogen and oxygen atoms in total. The van der Waals surface area contributed by atoms with Gasteiger partial charge in [0.05, 0.1) is 11.1 Å². The van der Waals surface area contributed by atoms with Crippen LogP contribution in [-0.2, 0) is 0 Å². The monoisotopic (exact) mass is 376 g/mol. The Labute approximate surface area is 163 Å². The maximum atomic E-state index is 13.8. The van der Waals surface area contributed by atoms with Gasteiger partial charge in [-0.15, -0.1) is 0 Å². The molecule has 1 amide bonds. The van der Waals surface area contributed by atoms with Gasteiger partial charge in [-0.1, -0.05) is 18.1 Å². The molecule has 1 atom stereocenters. The van der Waals surface area contributed by atoms with Gasteiger partial charge in [0.15, 0.2) is 0 Å². The molecular formula is C22H21FN4O. The first-order valence-electron chi connectivity index (χ1n) is 9.23. The molecule has 6 heteroatoms. The summed E-state index contributed by atoms with van der Waals surface area (Å²) in [6, 6.07) is 12.2. The summed E-state index contributed by atoms with van der Waals surface area (Å²) in [5, 5.41) is 7.88. The molecular weight excluding hydrogens is 355 g/mol. The smallest absolute Gasteiger partial charge is 0.253 e. The number of carbonyl (C=O) groups excluding carboxylic acids is 1. The highest BCUT2D eigenvalue weighted by molar-refractivity contribution is 5.99. The van der Waals surface area contributed by atoms with Crippen LogP contribution in [0.2, 0.25) is 0 Å². The molecule has 1 N–H and O–H groups in total. The van der Waals surface area contributed by atoms with Crippen molar-refractivity contribution < 1.29 is 9.18 Å². The number of hydrogen-bond acceptors (Lipinski definition) is 3. The average Bonchev–Trinajstić information content (AvgIpc) is 3.34. The van der Waals surface area contributed by atoms with Gasteiger partial charge < -0.3 is 9.80 Å². The summed E-state index contributed by atoms with van der Waals surface area (Å²) in [7, 11) is 4.08. The van der Waals surface area contributed by atoms with E-state index in [1.807, 2.05) is 31.1 Å². The highest BCUT2D eigenvalue weighted by atomic mass is 19.1. The Morgan fingerprint density at radius 1 is 1.25 bits per heavy atom. The summed E-state index contributed by atoms with van der Waals surface area (Å²) in [4.78, 5) is 16.9. The number of benzene rings is 2. The Morgan fingerprint density at radius 2 is 2.07 bits per heavy atom. The number of aromatic nitrogens is 2. The number of H-pyrrole nitrogens is 1. The molecule has 1 aliphatic heterocycles. The standard InChI is InChI=1S/C22H21FN4O/c1-26(2)17-11-12-27(14-17)22(28)16-8-10-21-18(13-16)20(24-25-21)9-7-15-5-3-4-6-19(15)23/h3-6,8,10,13,17H,11-12,14H2,1-2H3,(H,24,25)/t17-/m1/s1. The first kappa shape index (κ1) is 18.2. The van der Waals surface area contributed by atoms with Crippen molar-refractivity contribution in [3.63, 3.8) is 0 Å². The van der Waals surface area contributed by atoms with Gasteiger partial charge in [-0.2, -0.15) is 5.10 Å². The van der Waals surface area contributed by atoms with Gasteiger partial charge in [-0.3, -0.25) is 9.89 Å². The van der Waals surface area contributed by atoms with Gasteiger partial charge in [0, 0.05) is 30.1 Å². The minimum atomic E-state index is -0.362. The van der Waals surface area contributed by atoms with E-state index >= 15 is 0 Å². The topological polar surface area (TPSA) is 52.2 Å². The number of nitrogens with one attached hydrogen (secondary N) is 1. The quantitative estimate of drug-likeness (QED) is 0.700. The van der Waals surface area contributed by atoms with Crippen molar-refractivity contribution in [2.45, 2.75) is 12.5 Å². The van der Waals surface area contributed by atoms with Crippen LogP contribution in [0.15, 0.2) is 42.5 Å². The third kappa shape index (κ3) is 3.49. The second-order valence-corrected chi connectivity index (χ2v) is 7.22. The Kier molecular flexibility index (Phi) is 4.84. The zero-order valence-electron chi connectivity index (χ0n) is 15.9. The minimum Gasteiger partial charge on any atom is -0.337 e. The fraction of sp³-hybridized carbons (Fsp3) is 0.273. The lowest BCUT2D eigenvalue weighted by Crippen LogP contribution is -2.34. The maximum Gasteiger partial charge on any atom is 0.253 e. The van der Waals surface area contributed by atoms with Crippen molar-refractivity contribution in [2.24, 2.45) is 0 Å². The van der Waals surface area contributed by atoms with Crippen LogP contribution in [0.5, 0.6) is 0 Å². The number of nitrogens with zero attached hydrogens (tertiary/aromatic N) is 3. The van der Waals surface area contributed by atoms with E-state index in [1.165, 1.54) is 6.07 Å². The van der Waals surface area contributed by atoms with Crippen molar-refractivity contribution in [1.29, 1.82) is 0 Å². The van der Waals surface area contributed by atoms with Gasteiger partial charge in [0.25, 0.3) is 5.91 Å². The molecule has 2 heterocycles. The molecule has 0 saturated carbocycles. The summed E-state index contributed by atoms with van der Waals surface area (Å²) in [6.07, 6.45) is 0.978. The van der Waals surface area contributed by atoms with E-state index in [2.05, 4.69) is 26.9 Å². The fourth-order valence-electron chi connectivity index (χ4n) is 3.46. The Hall–Kier alpha value is -3.17. The predicted molar refractivity (Wildman–Crippen MR) is 106 cm³/mol. The van der Waals surface area contributed by atoms with Crippen LogP contribution in [0, 0.1) is 17.7 Å². The molecule has 4 rings (SSSR count). The lowest BCUT2D eigenvalue weighted by atomic mass is 10.1. The van der Waals surface area contributed by atoms with Crippen LogP contribution >= 0.6 is 0 Å². The fourth-order valence-corrected chi connectivity index (χ4v) is 3.46. The Balaban J connectivity index is 1.62. The molecule has 0 spiro atoms. The summed E-state index contributed by atoms with van der Waals surface area (Å²) in [5.41, 5.74) is 2.23. The number of fused-ring (bicyclic) bond motifs is 1. The number of rotatable bonds is 2. The average molecular weight is 376 g/mol. The van der Waals surface area contributed by atoms with Crippen LogP contribution in [0.3, 0.4) is 0 Å². The largest absolute Gasteiger partial charge is 0.337 e. The number of carbonyl (C=O) groups is 1. The van der Waals surface area contributed by atoms with Gasteiger partial charge in [0.2, 0.25) is 0 Å². The van der Waals surface area contributed by atoms with E-state index < -0.39 is 0 Å². The number of likely N-dealkylation sites (tertiary alicyclic amines) is 1. The predicted octanol–water partition coefficient (Wildman–Crippen LogP) is 2.88. The van der Waals surface area contributed by atoms with Crippen LogP contribution in [0.25, 0.3) is 10.9 Å². The number of amides is 1. The lowest BCUT2D eigenvalue weighted by Gasteiger charge is -2.20. The summed E-state index contributed by atoms with van der Waals surface area (Å²) in [6.45, 7) is 1.49. The highest BCUT2D eigenvalue weighted by Crippen LogP contribution is 2.21. The van der Waals surface area contributed by atoms with Crippen molar-refractivity contribution in [2.75, 3.05) is 27.2 Å². The zero-order chi connectivity index (χ0) is 19.7. The second kappa shape index (κ2) is 7.45. The third-order valence-electron chi connectivity index (χ3n) is 5.18. The van der Waals surface area contributed by atoms with Crippen molar-refractivity contribution in [3.05, 3.63) is 65.1 Å². The Bertz CT molecular complexity index is 1090. The van der Waals surface area contributed by atoms with E-state index in [4.69, 9.17) is 0 Å². The molecule has 2 aromatic carbocycles. The molecule has 0 bridgehead atoms. The van der Waals surface area contributed by atoms with Gasteiger partial charge in [0.1, 0.15) is 11.5 Å². The highest BCUT2D eigenvalue weighted by Gasteiger charge is 2.28. The van der Waals surface area contributed by atoms with Crippen molar-refractivity contribution in [1.82, 2.24) is 20.0 Å². The molecule has 1 saturated heterocycles. The molecule has 0 unspecified atom stereocenters. The first-order chi connectivity index (χ1) is 13.5. The number of likely N-dealkylation sites (N-methyl/N-ethyl adjacent to an activating group) is 1. The van der Waals surface area contributed by atoms with Crippen LogP contribution in [0.4, 0.5) is 4.39 Å². The molecule has 0 radical (unpaired) electrons. The van der Waals surface area contributed by atoms with Crippen molar-refractivity contribution in [3.8, 4) is 11.8 Å². The van der Waals surface area contributed by atoms with E-state index in [9.17, 15) is 9.18 Å². The summed E-state index contributed by atoms with van der Waals surface area (Å²) in [5.74, 6) is 5.43. The SMILES string of the molecule is CN(C)[C@@H]1CCN(C(=O)c2ccc3n[nH]c(C#Cc4ccccc4F)c3c2)C1. The second-order valence-electron chi connectivity index (χ2n) is 7.22.